The van der Waals surface area contributed by atoms with Gasteiger partial charge in [0.1, 0.15) is 0 Å². The van der Waals surface area contributed by atoms with Gasteiger partial charge in [-0.15, -0.1) is 0 Å². The molecule has 18 heavy (non-hydrogen) atoms. The molecule has 4 nitrogen and oxygen atoms in total. The number of nitrogens with two attached hydrogens (primary N) is 2. The lowest BCUT2D eigenvalue weighted by atomic mass is 10.1. The lowest BCUT2D eigenvalue weighted by Crippen LogP contribution is -1.85. The third-order valence-corrected chi connectivity index (χ3v) is 2.15. The van der Waals surface area contributed by atoms with Crippen LogP contribution in [0.5, 0.6) is 0 Å². The maximum Gasteiger partial charge on any atom is 0.300 e. The van der Waals surface area contributed by atoms with Crippen LogP contribution in [0.25, 0.3) is 11.1 Å². The third-order valence-electron chi connectivity index (χ3n) is 2.15. The Bertz CT molecular complexity index is 457. The maximum absolute atomic E-state index is 9.00. The monoisotopic (exact) mass is 244 g/mol. The molecule has 0 fully saturated rings. The molecule has 0 saturated carbocycles. The highest BCUT2D eigenvalue weighted by Crippen LogP contribution is 2.21. The van der Waals surface area contributed by atoms with Crippen molar-refractivity contribution < 1.29 is 9.90 Å². The summed E-state index contributed by atoms with van der Waals surface area (Å²) in [5, 5.41) is 7.42. The first-order chi connectivity index (χ1) is 8.49. The molecule has 0 radical (unpaired) electrons. The van der Waals surface area contributed by atoms with Crippen LogP contribution in [0.3, 0.4) is 0 Å². The van der Waals surface area contributed by atoms with E-state index in [1.165, 1.54) is 0 Å². The molecule has 0 aliphatic carbocycles. The highest BCUT2D eigenvalue weighted by molar-refractivity contribution is 5.67. The van der Waals surface area contributed by atoms with Crippen molar-refractivity contribution in [3.63, 3.8) is 0 Å². The van der Waals surface area contributed by atoms with Crippen LogP contribution < -0.4 is 11.5 Å². The predicted octanol–water partition coefficient (Wildman–Crippen LogP) is 2.61. The van der Waals surface area contributed by atoms with Crippen LogP contribution in [0.15, 0.2) is 48.5 Å². The number of benzene rings is 2. The number of carboxylic acid groups (broad SMARTS) is 1. The smallest absolute Gasteiger partial charge is 0.300 e. The molecule has 0 heterocycles. The molecule has 94 valence electrons. The Labute approximate surface area is 106 Å². The first-order valence-electron chi connectivity index (χ1n) is 5.40. The van der Waals surface area contributed by atoms with Gasteiger partial charge in [0, 0.05) is 18.3 Å². The number of aliphatic carboxylic acids is 1. The van der Waals surface area contributed by atoms with Crippen LogP contribution >= 0.6 is 0 Å². The minimum Gasteiger partial charge on any atom is -0.481 e. The predicted molar refractivity (Wildman–Crippen MR) is 74.0 cm³/mol. The molecular formula is C14H16N2O2. The number of hydrogen-bond donors (Lipinski definition) is 3. The lowest BCUT2D eigenvalue weighted by Gasteiger charge is -2.02. The van der Waals surface area contributed by atoms with Crippen molar-refractivity contribution in [2.45, 2.75) is 6.92 Å². The van der Waals surface area contributed by atoms with E-state index in [0.29, 0.717) is 0 Å². The molecular weight excluding hydrogens is 228 g/mol. The summed E-state index contributed by atoms with van der Waals surface area (Å²) in [7, 11) is 0. The molecule has 5 N–H and O–H groups in total. The van der Waals surface area contributed by atoms with E-state index in [-0.39, 0.29) is 0 Å². The highest BCUT2D eigenvalue weighted by atomic mass is 16.4. The Kier molecular flexibility index (Phi) is 4.75. The fraction of sp³-hybridized carbons (Fsp3) is 0.0714. The zero-order chi connectivity index (χ0) is 13.5. The first-order valence-corrected chi connectivity index (χ1v) is 5.40. The van der Waals surface area contributed by atoms with Crippen LogP contribution in [0, 0.1) is 0 Å². The fourth-order valence-electron chi connectivity index (χ4n) is 1.35. The van der Waals surface area contributed by atoms with E-state index in [1.54, 1.807) is 0 Å². The zero-order valence-electron chi connectivity index (χ0n) is 10.1. The van der Waals surface area contributed by atoms with Gasteiger partial charge in [-0.2, -0.15) is 0 Å². The third kappa shape index (κ3) is 4.57. The number of carbonyl (C=O) groups is 1. The standard InChI is InChI=1S/C12H12N2.C2H4O2/c13-11-5-1-9(2-6-11)10-3-7-12(14)8-4-10;1-2(3)4/h1-8H,13-14H2;1H3,(H,3,4). The number of anilines is 2. The van der Waals surface area contributed by atoms with Gasteiger partial charge in [-0.1, -0.05) is 24.3 Å². The largest absolute Gasteiger partial charge is 0.481 e. The van der Waals surface area contributed by atoms with Crippen molar-refractivity contribution in [2.75, 3.05) is 11.5 Å². The summed E-state index contributed by atoms with van der Waals surface area (Å²) in [5.41, 5.74) is 15.1. The number of rotatable bonds is 1. The van der Waals surface area contributed by atoms with E-state index >= 15 is 0 Å². The Morgan fingerprint density at radius 1 is 0.833 bits per heavy atom. The summed E-state index contributed by atoms with van der Waals surface area (Å²) >= 11 is 0. The molecule has 0 saturated heterocycles. The van der Waals surface area contributed by atoms with E-state index < -0.39 is 5.97 Å². The van der Waals surface area contributed by atoms with Crippen molar-refractivity contribution >= 4 is 17.3 Å². The molecule has 0 bridgehead atoms. The van der Waals surface area contributed by atoms with Crippen molar-refractivity contribution in [1.82, 2.24) is 0 Å². The van der Waals surface area contributed by atoms with Gasteiger partial charge < -0.3 is 16.6 Å². The van der Waals surface area contributed by atoms with Crippen molar-refractivity contribution in [3.05, 3.63) is 48.5 Å². The molecule has 2 aromatic carbocycles. The number of carboxylic acids is 1. The van der Waals surface area contributed by atoms with Crippen molar-refractivity contribution in [3.8, 4) is 11.1 Å². The van der Waals surface area contributed by atoms with E-state index in [9.17, 15) is 0 Å². The van der Waals surface area contributed by atoms with Crippen LogP contribution in [0.1, 0.15) is 6.92 Å². The first kappa shape index (κ1) is 13.6. The van der Waals surface area contributed by atoms with Gasteiger partial charge >= 0.3 is 0 Å². The summed E-state index contributed by atoms with van der Waals surface area (Å²) in [6.45, 7) is 1.08. The molecule has 0 aromatic heterocycles. The fourth-order valence-corrected chi connectivity index (χ4v) is 1.35. The SMILES string of the molecule is CC(=O)O.Nc1ccc(-c2ccc(N)cc2)cc1. The molecule has 0 aliphatic heterocycles. The zero-order valence-corrected chi connectivity index (χ0v) is 10.1. The molecule has 4 heteroatoms. The van der Waals surface area contributed by atoms with E-state index in [2.05, 4.69) is 0 Å². The van der Waals surface area contributed by atoms with E-state index in [0.717, 1.165) is 29.4 Å². The van der Waals surface area contributed by atoms with Gasteiger partial charge in [-0.3, -0.25) is 4.79 Å². The normalized spacial score (nSPS) is 9.17. The number of nitrogen functional groups attached to an aromatic ring is 2. The van der Waals surface area contributed by atoms with Gasteiger partial charge in [0.2, 0.25) is 0 Å². The summed E-state index contributed by atoms with van der Waals surface area (Å²) < 4.78 is 0. The lowest BCUT2D eigenvalue weighted by molar-refractivity contribution is -0.134. The summed E-state index contributed by atoms with van der Waals surface area (Å²) in [4.78, 5) is 9.00. The summed E-state index contributed by atoms with van der Waals surface area (Å²) in [5.74, 6) is -0.833. The summed E-state index contributed by atoms with van der Waals surface area (Å²) in [6.07, 6.45) is 0. The van der Waals surface area contributed by atoms with Gasteiger partial charge in [-0.25, -0.2) is 0 Å². The average Bonchev–Trinajstić information content (AvgIpc) is 2.31. The van der Waals surface area contributed by atoms with Crippen LogP contribution in [0.4, 0.5) is 11.4 Å². The maximum atomic E-state index is 9.00. The quantitative estimate of drug-likeness (QED) is 0.673. The average molecular weight is 244 g/mol. The molecule has 0 amide bonds. The van der Waals surface area contributed by atoms with Crippen molar-refractivity contribution in [2.24, 2.45) is 0 Å². The van der Waals surface area contributed by atoms with E-state index in [4.69, 9.17) is 21.4 Å². The minimum absolute atomic E-state index is 0.782. The highest BCUT2D eigenvalue weighted by Gasteiger charge is 1.95. The second-order valence-electron chi connectivity index (χ2n) is 3.76. The van der Waals surface area contributed by atoms with Gasteiger partial charge in [0.25, 0.3) is 5.97 Å². The molecule has 2 aromatic rings. The Hall–Kier alpha value is -2.49. The molecule has 0 spiro atoms. The summed E-state index contributed by atoms with van der Waals surface area (Å²) in [6, 6.07) is 15.6. The Morgan fingerprint density at radius 3 is 1.28 bits per heavy atom. The van der Waals surface area contributed by atoms with Crippen LogP contribution in [-0.4, -0.2) is 11.1 Å². The van der Waals surface area contributed by atoms with E-state index in [1.807, 2.05) is 48.5 Å². The topological polar surface area (TPSA) is 89.3 Å². The van der Waals surface area contributed by atoms with Crippen LogP contribution in [0.2, 0.25) is 0 Å². The van der Waals surface area contributed by atoms with Gasteiger partial charge in [0.05, 0.1) is 0 Å². The Balaban J connectivity index is 0.000000357. The van der Waals surface area contributed by atoms with Crippen LogP contribution in [-0.2, 0) is 4.79 Å². The second-order valence-corrected chi connectivity index (χ2v) is 3.76. The van der Waals surface area contributed by atoms with Gasteiger partial charge in [0.15, 0.2) is 0 Å². The molecule has 0 unspecified atom stereocenters. The molecule has 0 atom stereocenters. The number of hydrogen-bond acceptors (Lipinski definition) is 3. The second kappa shape index (κ2) is 6.30. The van der Waals surface area contributed by atoms with Gasteiger partial charge in [-0.05, 0) is 35.4 Å². The van der Waals surface area contributed by atoms with Crippen molar-refractivity contribution in [1.29, 1.82) is 0 Å². The molecule has 2 rings (SSSR count). The molecule has 0 aliphatic rings. The minimum atomic E-state index is -0.833. The Morgan fingerprint density at radius 2 is 1.06 bits per heavy atom.